The van der Waals surface area contributed by atoms with E-state index < -0.39 is 0 Å². The SMILES string of the molecule is [CH2]CCCCCC1CCC(CCCCCCSC(C)=O)[C@@H](CCCCCCSC(C)=O)C1. The van der Waals surface area contributed by atoms with Gasteiger partial charge in [-0.2, -0.15) is 0 Å². The Kier molecular flexibility index (Phi) is 19.2. The Morgan fingerprint density at radius 2 is 1.16 bits per heavy atom. The summed E-state index contributed by atoms with van der Waals surface area (Å²) in [6.45, 7) is 7.34. The van der Waals surface area contributed by atoms with Gasteiger partial charge in [-0.15, -0.1) is 0 Å². The first kappa shape index (κ1) is 30.1. The van der Waals surface area contributed by atoms with E-state index in [2.05, 4.69) is 6.92 Å². The number of hydrogen-bond donors (Lipinski definition) is 0. The molecule has 1 aliphatic carbocycles. The summed E-state index contributed by atoms with van der Waals surface area (Å²) in [6, 6.07) is 0. The van der Waals surface area contributed by atoms with Crippen LogP contribution in [0.15, 0.2) is 0 Å². The molecule has 0 N–H and O–H groups in total. The van der Waals surface area contributed by atoms with E-state index in [-0.39, 0.29) is 10.2 Å². The predicted octanol–water partition coefficient (Wildman–Crippen LogP) is 9.26. The fraction of sp³-hybridized carbons (Fsp3) is 0.893. The van der Waals surface area contributed by atoms with E-state index in [0.29, 0.717) is 0 Å². The largest absolute Gasteiger partial charge is 0.288 e. The van der Waals surface area contributed by atoms with Crippen LogP contribution in [0.2, 0.25) is 0 Å². The van der Waals surface area contributed by atoms with Crippen molar-refractivity contribution in [2.75, 3.05) is 11.5 Å². The number of carbonyl (C=O) groups is 2. The summed E-state index contributed by atoms with van der Waals surface area (Å²) in [5, 5.41) is 0.516. The first-order chi connectivity index (χ1) is 15.5. The van der Waals surface area contributed by atoms with Crippen molar-refractivity contribution in [3.8, 4) is 0 Å². The minimum atomic E-state index is 0.258. The lowest BCUT2D eigenvalue weighted by atomic mass is 9.69. The Morgan fingerprint density at radius 1 is 0.656 bits per heavy atom. The minimum absolute atomic E-state index is 0.258. The quantitative estimate of drug-likeness (QED) is 0.171. The monoisotopic (exact) mass is 483 g/mol. The second kappa shape index (κ2) is 20.4. The van der Waals surface area contributed by atoms with Crippen molar-refractivity contribution in [3.05, 3.63) is 6.92 Å². The Labute approximate surface area is 208 Å². The van der Waals surface area contributed by atoms with E-state index in [1.165, 1.54) is 133 Å². The maximum absolute atomic E-state index is 11.0. The van der Waals surface area contributed by atoms with Crippen LogP contribution in [-0.2, 0) is 9.59 Å². The molecule has 0 aromatic carbocycles. The minimum Gasteiger partial charge on any atom is -0.288 e. The van der Waals surface area contributed by atoms with Crippen molar-refractivity contribution >= 4 is 33.8 Å². The molecule has 0 spiro atoms. The van der Waals surface area contributed by atoms with Crippen LogP contribution < -0.4 is 0 Å². The van der Waals surface area contributed by atoms with Gasteiger partial charge in [0.1, 0.15) is 0 Å². The maximum atomic E-state index is 11.0. The van der Waals surface area contributed by atoms with Crippen LogP contribution in [0.5, 0.6) is 0 Å². The van der Waals surface area contributed by atoms with Crippen LogP contribution in [-0.4, -0.2) is 21.7 Å². The Bertz CT molecular complexity index is 480. The van der Waals surface area contributed by atoms with E-state index in [4.69, 9.17) is 0 Å². The molecule has 0 aromatic heterocycles. The van der Waals surface area contributed by atoms with Gasteiger partial charge < -0.3 is 0 Å². The molecule has 4 heteroatoms. The molecule has 2 nitrogen and oxygen atoms in total. The third-order valence-electron chi connectivity index (χ3n) is 7.16. The van der Waals surface area contributed by atoms with Gasteiger partial charge in [0, 0.05) is 25.4 Å². The normalized spacial score (nSPS) is 21.0. The summed E-state index contributed by atoms with van der Waals surface area (Å²) in [6.07, 6.45) is 24.2. The summed E-state index contributed by atoms with van der Waals surface area (Å²) in [7, 11) is 0. The van der Waals surface area contributed by atoms with Gasteiger partial charge in [-0.25, -0.2) is 0 Å². The molecule has 0 bridgehead atoms. The van der Waals surface area contributed by atoms with Crippen LogP contribution in [0.25, 0.3) is 0 Å². The topological polar surface area (TPSA) is 34.1 Å². The van der Waals surface area contributed by atoms with Crippen LogP contribution in [0, 0.1) is 24.7 Å². The van der Waals surface area contributed by atoms with Crippen LogP contribution in [0.4, 0.5) is 0 Å². The molecule has 3 atom stereocenters. The van der Waals surface area contributed by atoms with E-state index >= 15 is 0 Å². The molecule has 32 heavy (non-hydrogen) atoms. The lowest BCUT2D eigenvalue weighted by Crippen LogP contribution is -2.25. The first-order valence-corrected chi connectivity index (χ1v) is 15.6. The van der Waals surface area contributed by atoms with Crippen LogP contribution >= 0.6 is 23.5 Å². The molecule has 1 radical (unpaired) electrons. The number of hydrogen-bond acceptors (Lipinski definition) is 4. The summed E-state index contributed by atoms with van der Waals surface area (Å²) in [4.78, 5) is 22.1. The summed E-state index contributed by atoms with van der Waals surface area (Å²) < 4.78 is 0. The second-order valence-electron chi connectivity index (χ2n) is 9.99. The van der Waals surface area contributed by atoms with Gasteiger partial charge in [0.2, 0.25) is 0 Å². The molecule has 0 aliphatic heterocycles. The average molecular weight is 484 g/mol. The first-order valence-electron chi connectivity index (χ1n) is 13.6. The number of rotatable bonds is 19. The summed E-state index contributed by atoms with van der Waals surface area (Å²) in [5.41, 5.74) is 0. The lowest BCUT2D eigenvalue weighted by Gasteiger charge is -2.37. The molecule has 0 saturated heterocycles. The second-order valence-corrected chi connectivity index (χ2v) is 12.5. The zero-order valence-electron chi connectivity index (χ0n) is 21.2. The molecule has 1 aliphatic rings. The van der Waals surface area contributed by atoms with Crippen LogP contribution in [0.1, 0.15) is 129 Å². The van der Waals surface area contributed by atoms with Crippen LogP contribution in [0.3, 0.4) is 0 Å². The van der Waals surface area contributed by atoms with Gasteiger partial charge in [0.25, 0.3) is 0 Å². The van der Waals surface area contributed by atoms with E-state index in [1.807, 2.05) is 0 Å². The summed E-state index contributed by atoms with van der Waals surface area (Å²) >= 11 is 2.97. The Balaban J connectivity index is 2.30. The zero-order valence-corrected chi connectivity index (χ0v) is 22.8. The molecule has 0 amide bonds. The molecule has 1 fully saturated rings. The zero-order chi connectivity index (χ0) is 23.4. The number of unbranched alkanes of at least 4 members (excludes halogenated alkanes) is 9. The van der Waals surface area contributed by atoms with Gasteiger partial charge in [0.05, 0.1) is 0 Å². The smallest absolute Gasteiger partial charge is 0.185 e. The molecular formula is C28H51O2S2. The Morgan fingerprint density at radius 3 is 1.72 bits per heavy atom. The number of carbonyl (C=O) groups excluding carboxylic acids is 2. The highest BCUT2D eigenvalue weighted by Crippen LogP contribution is 2.41. The van der Waals surface area contributed by atoms with Crippen molar-refractivity contribution < 1.29 is 9.59 Å². The molecule has 1 saturated carbocycles. The maximum Gasteiger partial charge on any atom is 0.185 e. The third kappa shape index (κ3) is 16.6. The van der Waals surface area contributed by atoms with Crippen molar-refractivity contribution in [3.63, 3.8) is 0 Å². The van der Waals surface area contributed by atoms with Gasteiger partial charge in [0.15, 0.2) is 10.2 Å². The van der Waals surface area contributed by atoms with E-state index in [1.54, 1.807) is 13.8 Å². The summed E-state index contributed by atoms with van der Waals surface area (Å²) in [5.74, 6) is 4.87. The number of thioether (sulfide) groups is 2. The van der Waals surface area contributed by atoms with Gasteiger partial charge in [-0.05, 0) is 43.4 Å². The average Bonchev–Trinajstić information content (AvgIpc) is 2.76. The fourth-order valence-electron chi connectivity index (χ4n) is 5.36. The molecule has 2 unspecified atom stereocenters. The van der Waals surface area contributed by atoms with E-state index in [9.17, 15) is 9.59 Å². The van der Waals surface area contributed by atoms with Crippen molar-refractivity contribution in [1.82, 2.24) is 0 Å². The van der Waals surface area contributed by atoms with Gasteiger partial charge >= 0.3 is 0 Å². The highest BCUT2D eigenvalue weighted by atomic mass is 32.2. The Hall–Kier alpha value is 0.0400. The highest BCUT2D eigenvalue weighted by molar-refractivity contribution is 8.13. The molecular weight excluding hydrogens is 432 g/mol. The molecule has 0 heterocycles. The molecule has 0 aromatic rings. The standard InChI is InChI=1S/C28H51O2S2/c1-4-5-6-11-16-26-19-20-27(17-12-7-9-14-21-31-24(2)29)28(23-26)18-13-8-10-15-22-32-25(3)30/h26-28H,1,4-23H2,2-3H3/t26?,27?,28-/m0/s1. The van der Waals surface area contributed by atoms with Crippen molar-refractivity contribution in [2.24, 2.45) is 17.8 Å². The third-order valence-corrected chi connectivity index (χ3v) is 8.96. The lowest BCUT2D eigenvalue weighted by molar-refractivity contribution is -0.109. The highest BCUT2D eigenvalue weighted by Gasteiger charge is 2.29. The predicted molar refractivity (Wildman–Crippen MR) is 145 cm³/mol. The molecule has 187 valence electrons. The van der Waals surface area contributed by atoms with Crippen molar-refractivity contribution in [1.29, 1.82) is 0 Å². The molecule has 1 rings (SSSR count). The van der Waals surface area contributed by atoms with E-state index in [0.717, 1.165) is 35.7 Å². The van der Waals surface area contributed by atoms with Crippen molar-refractivity contribution in [2.45, 2.75) is 129 Å². The van der Waals surface area contributed by atoms with Gasteiger partial charge in [-0.1, -0.05) is 120 Å². The fourth-order valence-corrected chi connectivity index (χ4v) is 6.63. The van der Waals surface area contributed by atoms with Gasteiger partial charge in [-0.3, -0.25) is 9.59 Å².